The van der Waals surface area contributed by atoms with E-state index in [1.165, 1.54) is 0 Å². The van der Waals surface area contributed by atoms with Gasteiger partial charge >= 0.3 is 0 Å². The first-order chi connectivity index (χ1) is 8.06. The molecule has 1 unspecified atom stereocenters. The lowest BCUT2D eigenvalue weighted by Crippen LogP contribution is -2.31. The van der Waals surface area contributed by atoms with Crippen LogP contribution in [0.5, 0.6) is 0 Å². The summed E-state index contributed by atoms with van der Waals surface area (Å²) in [6, 6.07) is 4.35. The van der Waals surface area contributed by atoms with Crippen LogP contribution in [0.1, 0.15) is 18.2 Å². The topological polar surface area (TPSA) is 66.0 Å². The second-order valence-electron chi connectivity index (χ2n) is 4.14. The minimum Gasteiger partial charge on any atom is -0.382 e. The van der Waals surface area contributed by atoms with Gasteiger partial charge in [-0.2, -0.15) is 11.8 Å². The molecule has 0 fully saturated rings. The Morgan fingerprint density at radius 2 is 2.35 bits per heavy atom. The molecule has 0 bridgehead atoms. The average molecular weight is 252 g/mol. The van der Waals surface area contributed by atoms with E-state index >= 15 is 0 Å². The molecule has 0 aliphatic rings. The number of hydrogen-bond acceptors (Lipinski definition) is 4. The van der Waals surface area contributed by atoms with Gasteiger partial charge in [-0.3, -0.25) is 15.3 Å². The number of amidine groups is 1. The highest BCUT2D eigenvalue weighted by atomic mass is 32.2. The van der Waals surface area contributed by atoms with Crippen LogP contribution in [-0.2, 0) is 6.54 Å². The molecule has 0 radical (unpaired) electrons. The third-order valence-electron chi connectivity index (χ3n) is 2.73. The van der Waals surface area contributed by atoms with E-state index in [1.54, 1.807) is 6.20 Å². The number of hydrogen-bond donors (Lipinski definition) is 2. The molecule has 0 aliphatic carbocycles. The fourth-order valence-electron chi connectivity index (χ4n) is 1.60. The van der Waals surface area contributed by atoms with Crippen LogP contribution in [0.25, 0.3) is 0 Å². The average Bonchev–Trinajstić information content (AvgIpc) is 2.29. The maximum Gasteiger partial charge on any atom is 0.142 e. The van der Waals surface area contributed by atoms with Crippen LogP contribution in [0, 0.1) is 5.41 Å². The second-order valence-corrected chi connectivity index (χ2v) is 5.05. The van der Waals surface area contributed by atoms with Gasteiger partial charge in [-0.25, -0.2) is 0 Å². The molecule has 1 aromatic heterocycles. The lowest BCUT2D eigenvalue weighted by atomic mass is 10.1. The van der Waals surface area contributed by atoms with Crippen molar-refractivity contribution in [2.24, 2.45) is 5.73 Å². The molecule has 1 atom stereocenters. The Bertz CT molecular complexity index is 381. The first-order valence-electron chi connectivity index (χ1n) is 5.53. The van der Waals surface area contributed by atoms with Gasteiger partial charge in [0.2, 0.25) is 0 Å². The van der Waals surface area contributed by atoms with Crippen molar-refractivity contribution in [2.75, 3.05) is 19.1 Å². The number of pyridine rings is 1. The third kappa shape index (κ3) is 4.02. The summed E-state index contributed by atoms with van der Waals surface area (Å²) in [5, 5.41) is 7.50. The smallest absolute Gasteiger partial charge is 0.142 e. The van der Waals surface area contributed by atoms with Crippen LogP contribution in [0.15, 0.2) is 18.3 Å². The molecule has 1 rings (SSSR count). The van der Waals surface area contributed by atoms with E-state index < -0.39 is 0 Å². The fraction of sp³-hybridized carbons (Fsp3) is 0.500. The Morgan fingerprint density at radius 1 is 1.65 bits per heavy atom. The maximum atomic E-state index is 7.50. The Morgan fingerprint density at radius 3 is 2.94 bits per heavy atom. The zero-order valence-corrected chi connectivity index (χ0v) is 11.4. The minimum absolute atomic E-state index is 0.0338. The van der Waals surface area contributed by atoms with Gasteiger partial charge in [0.15, 0.2) is 0 Å². The summed E-state index contributed by atoms with van der Waals surface area (Å²) in [7, 11) is 2.08. The monoisotopic (exact) mass is 252 g/mol. The number of nitrogens with zero attached hydrogens (tertiary/aromatic N) is 2. The molecule has 1 heterocycles. The quantitative estimate of drug-likeness (QED) is 0.595. The Labute approximate surface area is 107 Å². The zero-order chi connectivity index (χ0) is 12.8. The van der Waals surface area contributed by atoms with Crippen molar-refractivity contribution in [1.29, 1.82) is 5.41 Å². The van der Waals surface area contributed by atoms with Crippen LogP contribution in [-0.4, -0.2) is 40.8 Å². The van der Waals surface area contributed by atoms with Crippen molar-refractivity contribution in [3.8, 4) is 0 Å². The lowest BCUT2D eigenvalue weighted by Gasteiger charge is -2.24. The number of nitrogens with one attached hydrogen (secondary N) is 1. The normalized spacial score (nSPS) is 12.7. The van der Waals surface area contributed by atoms with Gasteiger partial charge in [0, 0.05) is 24.5 Å². The van der Waals surface area contributed by atoms with E-state index in [4.69, 9.17) is 11.1 Å². The van der Waals surface area contributed by atoms with Gasteiger partial charge in [-0.1, -0.05) is 6.07 Å². The number of nitrogen functional groups attached to an aromatic ring is 1. The highest BCUT2D eigenvalue weighted by molar-refractivity contribution is 7.98. The van der Waals surface area contributed by atoms with Crippen molar-refractivity contribution in [1.82, 2.24) is 9.88 Å². The van der Waals surface area contributed by atoms with Gasteiger partial charge in [0.25, 0.3) is 0 Å². The maximum absolute atomic E-state index is 7.50. The molecule has 17 heavy (non-hydrogen) atoms. The van der Waals surface area contributed by atoms with E-state index in [9.17, 15) is 0 Å². The second kappa shape index (κ2) is 6.61. The van der Waals surface area contributed by atoms with Crippen molar-refractivity contribution in [2.45, 2.75) is 19.5 Å². The van der Waals surface area contributed by atoms with Gasteiger partial charge in [0.1, 0.15) is 11.5 Å². The first kappa shape index (κ1) is 14.0. The number of thioether (sulfide) groups is 1. The summed E-state index contributed by atoms with van der Waals surface area (Å²) in [5.41, 5.74) is 7.13. The lowest BCUT2D eigenvalue weighted by molar-refractivity contribution is 0.269. The zero-order valence-electron chi connectivity index (χ0n) is 10.6. The Kier molecular flexibility index (Phi) is 5.44. The van der Waals surface area contributed by atoms with Crippen LogP contribution >= 0.6 is 11.8 Å². The van der Waals surface area contributed by atoms with Gasteiger partial charge in [-0.15, -0.1) is 0 Å². The Hall–Kier alpha value is -1.07. The molecular weight excluding hydrogens is 232 g/mol. The SMILES string of the molecule is CSCC(C)N(C)Cc1cccnc1C(=N)N. The number of aromatic nitrogens is 1. The highest BCUT2D eigenvalue weighted by Crippen LogP contribution is 2.11. The van der Waals surface area contributed by atoms with Crippen molar-refractivity contribution in [3.63, 3.8) is 0 Å². The largest absolute Gasteiger partial charge is 0.382 e. The summed E-state index contributed by atoms with van der Waals surface area (Å²) < 4.78 is 0. The van der Waals surface area contributed by atoms with Crippen LogP contribution in [0.2, 0.25) is 0 Å². The van der Waals surface area contributed by atoms with Crippen LogP contribution in [0.4, 0.5) is 0 Å². The predicted molar refractivity (Wildman–Crippen MR) is 74.6 cm³/mol. The summed E-state index contributed by atoms with van der Waals surface area (Å²) in [4.78, 5) is 6.41. The summed E-state index contributed by atoms with van der Waals surface area (Å²) >= 11 is 1.83. The molecule has 0 saturated carbocycles. The summed E-state index contributed by atoms with van der Waals surface area (Å²) in [6.07, 6.45) is 3.78. The molecule has 94 valence electrons. The first-order valence-corrected chi connectivity index (χ1v) is 6.93. The van der Waals surface area contributed by atoms with Gasteiger partial charge in [-0.05, 0) is 31.9 Å². The van der Waals surface area contributed by atoms with Crippen molar-refractivity contribution < 1.29 is 0 Å². The van der Waals surface area contributed by atoms with Crippen LogP contribution in [0.3, 0.4) is 0 Å². The Balaban J connectivity index is 2.77. The summed E-state index contributed by atoms with van der Waals surface area (Å²) in [6.45, 7) is 2.96. The third-order valence-corrected chi connectivity index (χ3v) is 3.54. The van der Waals surface area contributed by atoms with Crippen LogP contribution < -0.4 is 5.73 Å². The fourth-order valence-corrected chi connectivity index (χ4v) is 2.34. The molecule has 0 amide bonds. The molecule has 0 aromatic carbocycles. The standard InChI is InChI=1S/C12H20N4S/c1-9(8-17-3)16(2)7-10-5-4-6-15-11(10)12(13)14/h4-6,9H,7-8H2,1-3H3,(H3,13,14). The van der Waals surface area contributed by atoms with Gasteiger partial charge < -0.3 is 5.73 Å². The van der Waals surface area contributed by atoms with E-state index in [1.807, 2.05) is 23.9 Å². The van der Waals surface area contributed by atoms with Crippen molar-refractivity contribution >= 4 is 17.6 Å². The molecule has 5 heteroatoms. The molecule has 3 N–H and O–H groups in total. The van der Waals surface area contributed by atoms with E-state index in [-0.39, 0.29) is 5.84 Å². The highest BCUT2D eigenvalue weighted by Gasteiger charge is 2.12. The number of nitrogens with two attached hydrogens (primary N) is 1. The molecule has 4 nitrogen and oxygen atoms in total. The predicted octanol–water partition coefficient (Wildman–Crippen LogP) is 1.55. The van der Waals surface area contributed by atoms with E-state index in [0.717, 1.165) is 17.9 Å². The molecule has 1 aromatic rings. The van der Waals surface area contributed by atoms with Gasteiger partial charge in [0.05, 0.1) is 0 Å². The molecule has 0 spiro atoms. The molecule has 0 saturated heterocycles. The van der Waals surface area contributed by atoms with E-state index in [0.29, 0.717) is 11.7 Å². The molecular formula is C12H20N4S. The van der Waals surface area contributed by atoms with E-state index in [2.05, 4.69) is 30.1 Å². The van der Waals surface area contributed by atoms with Crippen molar-refractivity contribution in [3.05, 3.63) is 29.6 Å². The summed E-state index contributed by atoms with van der Waals surface area (Å²) in [5.74, 6) is 1.12. The minimum atomic E-state index is 0.0338. The number of rotatable bonds is 6. The molecule has 0 aliphatic heterocycles.